The molecular weight excluding hydrogens is 216 g/mol. The number of aryl methyl sites for hydroxylation is 2. The second kappa shape index (κ2) is 6.69. The fraction of sp³-hybridized carbons (Fsp3) is 0.583. The topological polar surface area (TPSA) is 70.7 Å². The Kier molecular flexibility index (Phi) is 5.21. The summed E-state index contributed by atoms with van der Waals surface area (Å²) in [4.78, 5) is 11.8. The molecular formula is C12H18N4O. The van der Waals surface area contributed by atoms with Crippen LogP contribution in [0.2, 0.25) is 0 Å². The minimum Gasteiger partial charge on any atom is -0.352 e. The van der Waals surface area contributed by atoms with E-state index in [1.54, 1.807) is 10.9 Å². The van der Waals surface area contributed by atoms with Crippen LogP contribution in [0.5, 0.6) is 0 Å². The van der Waals surface area contributed by atoms with Gasteiger partial charge in [0.05, 0.1) is 17.3 Å². The molecule has 1 aromatic rings. The molecule has 1 rings (SSSR count). The van der Waals surface area contributed by atoms with Crippen molar-refractivity contribution in [3.8, 4) is 6.07 Å². The van der Waals surface area contributed by atoms with Gasteiger partial charge in [0.25, 0.3) is 5.91 Å². The molecule has 0 radical (unpaired) electrons. The maximum atomic E-state index is 11.8. The number of nitrogens with zero attached hydrogens (tertiary/aromatic N) is 3. The highest BCUT2D eigenvalue weighted by molar-refractivity contribution is 5.95. The Hall–Kier alpha value is -1.83. The maximum absolute atomic E-state index is 11.8. The van der Waals surface area contributed by atoms with Crippen molar-refractivity contribution in [1.29, 1.82) is 5.26 Å². The van der Waals surface area contributed by atoms with E-state index >= 15 is 0 Å². The van der Waals surface area contributed by atoms with Gasteiger partial charge in [-0.05, 0) is 19.3 Å². The van der Waals surface area contributed by atoms with Gasteiger partial charge in [0.1, 0.15) is 0 Å². The predicted octanol–water partition coefficient (Wildman–Crippen LogP) is 1.41. The van der Waals surface area contributed by atoms with Gasteiger partial charge in [-0.25, -0.2) is 0 Å². The maximum Gasteiger partial charge on any atom is 0.254 e. The predicted molar refractivity (Wildman–Crippen MR) is 64.4 cm³/mol. The highest BCUT2D eigenvalue weighted by Crippen LogP contribution is 2.06. The molecule has 0 bridgehead atoms. The zero-order valence-corrected chi connectivity index (χ0v) is 10.4. The van der Waals surface area contributed by atoms with Crippen molar-refractivity contribution >= 4 is 5.91 Å². The summed E-state index contributed by atoms with van der Waals surface area (Å²) in [5.74, 6) is -0.0769. The summed E-state index contributed by atoms with van der Waals surface area (Å²) in [5.41, 5.74) is 1.47. The lowest BCUT2D eigenvalue weighted by atomic mass is 10.2. The van der Waals surface area contributed by atoms with Crippen molar-refractivity contribution in [2.24, 2.45) is 7.05 Å². The molecule has 5 heteroatoms. The van der Waals surface area contributed by atoms with Crippen molar-refractivity contribution < 1.29 is 4.79 Å². The highest BCUT2D eigenvalue weighted by atomic mass is 16.1. The monoisotopic (exact) mass is 234 g/mol. The first-order valence-electron chi connectivity index (χ1n) is 5.86. The zero-order valence-electron chi connectivity index (χ0n) is 10.4. The normalized spacial score (nSPS) is 9.94. The van der Waals surface area contributed by atoms with Crippen LogP contribution in [0.15, 0.2) is 6.20 Å². The molecule has 1 heterocycles. The molecule has 0 fully saturated rings. The summed E-state index contributed by atoms with van der Waals surface area (Å²) in [6.07, 6.45) is 4.69. The van der Waals surface area contributed by atoms with Crippen LogP contribution in [0.1, 0.15) is 42.2 Å². The minimum atomic E-state index is -0.0769. The molecule has 1 N–H and O–H groups in total. The summed E-state index contributed by atoms with van der Waals surface area (Å²) in [7, 11) is 1.81. The summed E-state index contributed by atoms with van der Waals surface area (Å²) >= 11 is 0. The van der Waals surface area contributed by atoms with E-state index in [-0.39, 0.29) is 5.91 Å². The van der Waals surface area contributed by atoms with Gasteiger partial charge in [0, 0.05) is 26.2 Å². The number of unbranched alkanes of at least 4 members (excludes halogenated alkanes) is 2. The fourth-order valence-electron chi connectivity index (χ4n) is 1.61. The Morgan fingerprint density at radius 2 is 2.35 bits per heavy atom. The van der Waals surface area contributed by atoms with E-state index < -0.39 is 0 Å². The first-order chi connectivity index (χ1) is 8.19. The van der Waals surface area contributed by atoms with Crippen LogP contribution in [0.3, 0.4) is 0 Å². The molecule has 0 aliphatic heterocycles. The molecule has 92 valence electrons. The lowest BCUT2D eigenvalue weighted by molar-refractivity contribution is 0.0952. The quantitative estimate of drug-likeness (QED) is 0.756. The third kappa shape index (κ3) is 3.91. The molecule has 5 nitrogen and oxygen atoms in total. The Morgan fingerprint density at radius 3 is 3.00 bits per heavy atom. The molecule has 0 saturated heterocycles. The lowest BCUT2D eigenvalue weighted by Crippen LogP contribution is -2.25. The molecule has 1 aromatic heterocycles. The van der Waals surface area contributed by atoms with E-state index in [1.165, 1.54) is 0 Å². The number of carbonyl (C=O) groups excluding carboxylic acids is 1. The number of nitriles is 1. The van der Waals surface area contributed by atoms with E-state index in [0.29, 0.717) is 18.5 Å². The van der Waals surface area contributed by atoms with E-state index in [2.05, 4.69) is 16.5 Å². The van der Waals surface area contributed by atoms with Crippen LogP contribution in [-0.4, -0.2) is 22.2 Å². The standard InChI is InChI=1S/C12H18N4O/c1-3-11-10(9-16(2)15-11)12(17)14-8-6-4-5-7-13/h9H,3-6,8H2,1-2H3,(H,14,17). The Balaban J connectivity index is 2.44. The van der Waals surface area contributed by atoms with Crippen molar-refractivity contribution in [3.63, 3.8) is 0 Å². The average molecular weight is 234 g/mol. The highest BCUT2D eigenvalue weighted by Gasteiger charge is 2.13. The van der Waals surface area contributed by atoms with Crippen molar-refractivity contribution in [2.75, 3.05) is 6.54 Å². The molecule has 1 amide bonds. The molecule has 0 spiro atoms. The van der Waals surface area contributed by atoms with Crippen molar-refractivity contribution in [3.05, 3.63) is 17.5 Å². The smallest absolute Gasteiger partial charge is 0.254 e. The molecule has 17 heavy (non-hydrogen) atoms. The summed E-state index contributed by atoms with van der Waals surface area (Å²) < 4.78 is 1.66. The molecule has 0 atom stereocenters. The van der Waals surface area contributed by atoms with Crippen molar-refractivity contribution in [1.82, 2.24) is 15.1 Å². The Labute approximate surface area is 101 Å². The van der Waals surface area contributed by atoms with Gasteiger partial charge in [-0.3, -0.25) is 9.48 Å². The Morgan fingerprint density at radius 1 is 1.59 bits per heavy atom. The van der Waals surface area contributed by atoms with Gasteiger partial charge in [-0.15, -0.1) is 0 Å². The molecule has 0 saturated carbocycles. The number of amides is 1. The third-order valence-electron chi connectivity index (χ3n) is 2.49. The average Bonchev–Trinajstić information content (AvgIpc) is 2.70. The van der Waals surface area contributed by atoms with Gasteiger partial charge in [0.2, 0.25) is 0 Å². The van der Waals surface area contributed by atoms with Gasteiger partial charge in [-0.1, -0.05) is 6.92 Å². The molecule has 0 unspecified atom stereocenters. The van der Waals surface area contributed by atoms with E-state index in [0.717, 1.165) is 25.0 Å². The number of rotatable bonds is 6. The number of nitrogens with one attached hydrogen (secondary N) is 1. The second-order valence-electron chi connectivity index (χ2n) is 3.89. The van der Waals surface area contributed by atoms with Crippen LogP contribution in [0.4, 0.5) is 0 Å². The largest absolute Gasteiger partial charge is 0.352 e. The summed E-state index contributed by atoms with van der Waals surface area (Å²) in [6.45, 7) is 2.59. The number of hydrogen-bond donors (Lipinski definition) is 1. The molecule has 0 aliphatic carbocycles. The van der Waals surface area contributed by atoms with Crippen LogP contribution in [-0.2, 0) is 13.5 Å². The first kappa shape index (κ1) is 13.2. The number of aromatic nitrogens is 2. The van der Waals surface area contributed by atoms with Crippen LogP contribution in [0.25, 0.3) is 0 Å². The van der Waals surface area contributed by atoms with E-state index in [4.69, 9.17) is 5.26 Å². The van der Waals surface area contributed by atoms with Crippen LogP contribution < -0.4 is 5.32 Å². The molecule has 0 aliphatic rings. The van der Waals surface area contributed by atoms with Crippen LogP contribution >= 0.6 is 0 Å². The minimum absolute atomic E-state index is 0.0769. The van der Waals surface area contributed by atoms with Gasteiger partial charge >= 0.3 is 0 Å². The van der Waals surface area contributed by atoms with Crippen molar-refractivity contribution in [2.45, 2.75) is 32.6 Å². The third-order valence-corrected chi connectivity index (χ3v) is 2.49. The fourth-order valence-corrected chi connectivity index (χ4v) is 1.61. The number of carbonyl (C=O) groups is 1. The SMILES string of the molecule is CCc1nn(C)cc1C(=O)NCCCCC#N. The second-order valence-corrected chi connectivity index (χ2v) is 3.89. The van der Waals surface area contributed by atoms with Gasteiger partial charge in [0.15, 0.2) is 0 Å². The first-order valence-corrected chi connectivity index (χ1v) is 5.86. The van der Waals surface area contributed by atoms with E-state index in [9.17, 15) is 4.79 Å². The summed E-state index contributed by atoms with van der Waals surface area (Å²) in [5, 5.41) is 15.4. The zero-order chi connectivity index (χ0) is 12.7. The van der Waals surface area contributed by atoms with Gasteiger partial charge < -0.3 is 5.32 Å². The molecule has 0 aromatic carbocycles. The van der Waals surface area contributed by atoms with E-state index in [1.807, 2.05) is 14.0 Å². The summed E-state index contributed by atoms with van der Waals surface area (Å²) in [6, 6.07) is 2.08. The Bertz CT molecular complexity index is 417. The van der Waals surface area contributed by atoms with Crippen LogP contribution in [0, 0.1) is 11.3 Å². The van der Waals surface area contributed by atoms with Gasteiger partial charge in [-0.2, -0.15) is 10.4 Å². The lowest BCUT2D eigenvalue weighted by Gasteiger charge is -2.03. The number of hydrogen-bond acceptors (Lipinski definition) is 3.